The molecule has 1 aromatic rings. The quantitative estimate of drug-likeness (QED) is 0.431. The maximum Gasteiger partial charge on any atom is 0.471 e. The predicted molar refractivity (Wildman–Crippen MR) is 104 cm³/mol. The monoisotopic (exact) mass is 443 g/mol. The van der Waals surface area contributed by atoms with Crippen LogP contribution in [0.2, 0.25) is 0 Å². The Kier molecular flexibility index (Phi) is 10.1. The third-order valence-electron chi connectivity index (χ3n) is 3.52. The van der Waals surface area contributed by atoms with Crippen LogP contribution in [0.3, 0.4) is 0 Å². The predicted octanol–water partition coefficient (Wildman–Crippen LogP) is 5.91. The highest BCUT2D eigenvalue weighted by Gasteiger charge is 2.43. The summed E-state index contributed by atoms with van der Waals surface area (Å²) in [6, 6.07) is 5.66. The summed E-state index contributed by atoms with van der Waals surface area (Å²) in [5.74, 6) is -2.06. The minimum atomic E-state index is -4.98. The highest BCUT2D eigenvalue weighted by atomic mass is 31.2. The lowest BCUT2D eigenvalue weighted by Gasteiger charge is -2.32. The van der Waals surface area contributed by atoms with Crippen LogP contribution in [0.15, 0.2) is 24.3 Å². The minimum Gasteiger partial charge on any atom is -0.358 e. The number of hydrogen-bond acceptors (Lipinski definition) is 5. The van der Waals surface area contributed by atoms with Crippen molar-refractivity contribution in [3.8, 4) is 0 Å². The molecule has 0 saturated carbocycles. The van der Waals surface area contributed by atoms with Crippen molar-refractivity contribution >= 4 is 27.3 Å². The van der Waals surface area contributed by atoms with Crippen LogP contribution in [0.5, 0.6) is 0 Å². The second-order valence-corrected chi connectivity index (χ2v) is 10.2. The van der Waals surface area contributed by atoms with Gasteiger partial charge in [0.25, 0.3) is 0 Å². The molecule has 0 aliphatic carbocycles. The van der Waals surface area contributed by atoms with Crippen molar-refractivity contribution in [2.45, 2.75) is 39.3 Å². The van der Waals surface area contributed by atoms with Crippen molar-refractivity contribution in [2.24, 2.45) is 0 Å². The number of carbonyl (C=O) groups is 1. The molecule has 11 heteroatoms. The summed E-state index contributed by atoms with van der Waals surface area (Å²) in [5.41, 5.74) is 0.529. The second kappa shape index (κ2) is 11.3. The normalized spacial score (nSPS) is 14.5. The van der Waals surface area contributed by atoms with Gasteiger partial charge in [0, 0.05) is 20.4 Å². The first-order valence-corrected chi connectivity index (χ1v) is 12.0. The summed E-state index contributed by atoms with van der Waals surface area (Å²) in [6.45, 7) is 7.88. The zero-order chi connectivity index (χ0) is 21.4. The topological polar surface area (TPSA) is 73.9 Å². The van der Waals surface area contributed by atoms with Crippen LogP contribution in [-0.2, 0) is 22.9 Å². The number of nitrogens with one attached hydrogen (secondary N) is 1. The zero-order valence-electron chi connectivity index (χ0n) is 16.3. The summed E-state index contributed by atoms with van der Waals surface area (Å²) in [5, 5.41) is 1.09. The zero-order valence-corrected chi connectivity index (χ0v) is 18.1. The largest absolute Gasteiger partial charge is 0.471 e. The number of hydrogen-bond donors (Lipinski definition) is 1. The Hall–Kier alpha value is -0.980. The number of carbonyl (C=O) groups excluding carboxylic acids is 1. The van der Waals surface area contributed by atoms with E-state index in [0.29, 0.717) is 18.3 Å². The van der Waals surface area contributed by atoms with E-state index in [9.17, 15) is 22.5 Å². The Bertz CT molecular complexity index is 660. The smallest absolute Gasteiger partial charge is 0.358 e. The maximum absolute atomic E-state index is 13.5. The Morgan fingerprint density at radius 3 is 2.00 bits per heavy atom. The number of rotatable bonds is 11. The lowest BCUT2D eigenvalue weighted by molar-refractivity contribution is -0.167. The molecule has 0 saturated heterocycles. The minimum absolute atomic E-state index is 0.0234. The molecule has 0 aromatic heterocycles. The molecule has 0 aliphatic heterocycles. The summed E-state index contributed by atoms with van der Waals surface area (Å²) >= 11 is 0. The van der Waals surface area contributed by atoms with E-state index in [2.05, 4.69) is 0 Å². The standard InChI is InChI=1S/C17H26F3NO5P2/c1-5-24-27(8-4)15(28(23,25-6-2)26-7-3)13-9-11-14(12-10-13)21-16(22)17(18,19)20/h9-12,15H,5-8H2,1-4H3,(H,21,22). The number of alkyl halides is 3. The van der Waals surface area contributed by atoms with Gasteiger partial charge >= 0.3 is 19.7 Å². The van der Waals surface area contributed by atoms with Crippen LogP contribution in [0, 0.1) is 0 Å². The molecule has 0 spiro atoms. The van der Waals surface area contributed by atoms with Crippen LogP contribution < -0.4 is 5.32 Å². The molecule has 0 radical (unpaired) electrons. The fourth-order valence-corrected chi connectivity index (χ4v) is 7.96. The van der Waals surface area contributed by atoms with Gasteiger partial charge in [-0.25, -0.2) is 0 Å². The number of halogens is 3. The molecule has 6 nitrogen and oxygen atoms in total. The van der Waals surface area contributed by atoms with Crippen molar-refractivity contribution in [1.29, 1.82) is 0 Å². The van der Waals surface area contributed by atoms with E-state index in [1.165, 1.54) is 24.3 Å². The summed E-state index contributed by atoms with van der Waals surface area (Å²) < 4.78 is 67.5. The Morgan fingerprint density at radius 1 is 1.07 bits per heavy atom. The van der Waals surface area contributed by atoms with Gasteiger partial charge in [-0.2, -0.15) is 13.2 Å². The van der Waals surface area contributed by atoms with E-state index >= 15 is 0 Å². The fraction of sp³-hybridized carbons (Fsp3) is 0.588. The molecular weight excluding hydrogens is 417 g/mol. The molecule has 28 heavy (non-hydrogen) atoms. The first-order valence-electron chi connectivity index (χ1n) is 8.89. The first-order chi connectivity index (χ1) is 13.1. The lowest BCUT2D eigenvalue weighted by Crippen LogP contribution is -2.29. The van der Waals surface area contributed by atoms with E-state index < -0.39 is 33.2 Å². The molecule has 2 unspecified atom stereocenters. The molecule has 1 aromatic carbocycles. The summed E-state index contributed by atoms with van der Waals surface area (Å²) in [7, 11) is -4.82. The third-order valence-corrected chi connectivity index (χ3v) is 9.33. The van der Waals surface area contributed by atoms with Crippen molar-refractivity contribution < 1.29 is 36.1 Å². The molecular formula is C17H26F3NO5P2. The molecule has 1 rings (SSSR count). The van der Waals surface area contributed by atoms with Crippen molar-refractivity contribution in [1.82, 2.24) is 0 Å². The van der Waals surface area contributed by atoms with Crippen molar-refractivity contribution in [3.63, 3.8) is 0 Å². The Balaban J connectivity index is 3.26. The summed E-state index contributed by atoms with van der Waals surface area (Å²) in [4.78, 5) is 11.1. The molecule has 0 heterocycles. The van der Waals surface area contributed by atoms with Gasteiger partial charge in [-0.3, -0.25) is 9.36 Å². The van der Waals surface area contributed by atoms with Crippen LogP contribution >= 0.6 is 15.7 Å². The van der Waals surface area contributed by atoms with Crippen molar-refractivity contribution in [3.05, 3.63) is 29.8 Å². The number of benzene rings is 1. The van der Waals surface area contributed by atoms with E-state index in [1.54, 1.807) is 19.2 Å². The molecule has 160 valence electrons. The Labute approximate surface area is 164 Å². The van der Waals surface area contributed by atoms with E-state index in [4.69, 9.17) is 13.6 Å². The molecule has 1 amide bonds. The lowest BCUT2D eigenvalue weighted by atomic mass is 10.2. The van der Waals surface area contributed by atoms with E-state index in [0.717, 1.165) is 0 Å². The molecule has 0 bridgehead atoms. The molecule has 1 N–H and O–H groups in total. The van der Waals surface area contributed by atoms with Gasteiger partial charge < -0.3 is 18.9 Å². The number of anilines is 1. The average molecular weight is 443 g/mol. The van der Waals surface area contributed by atoms with Gasteiger partial charge in [-0.05, 0) is 44.6 Å². The first kappa shape index (κ1) is 25.1. The second-order valence-electron chi connectivity index (χ2n) is 5.47. The average Bonchev–Trinajstić information content (AvgIpc) is 2.62. The van der Waals surface area contributed by atoms with Gasteiger partial charge in [0.2, 0.25) is 0 Å². The highest BCUT2D eigenvalue weighted by Crippen LogP contribution is 2.74. The van der Waals surface area contributed by atoms with Gasteiger partial charge in [0.1, 0.15) is 5.40 Å². The highest BCUT2D eigenvalue weighted by molar-refractivity contribution is 7.71. The molecule has 0 fully saturated rings. The molecule has 0 aliphatic rings. The van der Waals surface area contributed by atoms with Gasteiger partial charge in [-0.15, -0.1) is 0 Å². The van der Waals surface area contributed by atoms with Crippen molar-refractivity contribution in [2.75, 3.05) is 31.3 Å². The molecule has 2 atom stereocenters. The third kappa shape index (κ3) is 6.82. The van der Waals surface area contributed by atoms with Crippen LogP contribution in [0.25, 0.3) is 0 Å². The van der Waals surface area contributed by atoms with Crippen LogP contribution in [-0.4, -0.2) is 38.1 Å². The summed E-state index contributed by atoms with van der Waals surface area (Å²) in [6.07, 6.45) is -4.39. The maximum atomic E-state index is 13.5. The SMILES string of the molecule is CCOP(CC)C(c1ccc(NC(=O)C(F)(F)F)cc1)P(=O)(OCC)OCC. The van der Waals surface area contributed by atoms with E-state index in [1.807, 2.05) is 13.8 Å². The number of amides is 1. The fourth-order valence-electron chi connectivity index (χ4n) is 2.49. The van der Waals surface area contributed by atoms with E-state index in [-0.39, 0.29) is 18.9 Å². The van der Waals surface area contributed by atoms with Crippen LogP contribution in [0.4, 0.5) is 18.9 Å². The van der Waals surface area contributed by atoms with Gasteiger partial charge in [0.05, 0.1) is 13.2 Å². The van der Waals surface area contributed by atoms with Gasteiger partial charge in [-0.1, -0.05) is 19.1 Å². The Morgan fingerprint density at radius 2 is 1.61 bits per heavy atom. The van der Waals surface area contributed by atoms with Crippen LogP contribution in [0.1, 0.15) is 38.7 Å². The van der Waals surface area contributed by atoms with Gasteiger partial charge in [0.15, 0.2) is 0 Å².